The highest BCUT2D eigenvalue weighted by Gasteiger charge is 2.28. The van der Waals surface area contributed by atoms with E-state index in [0.717, 1.165) is 45.1 Å². The molecule has 1 unspecified atom stereocenters. The molecule has 0 bridgehead atoms. The lowest BCUT2D eigenvalue weighted by Crippen LogP contribution is -2.43. The summed E-state index contributed by atoms with van der Waals surface area (Å²) in [6.07, 6.45) is 9.72. The average Bonchev–Trinajstić information content (AvgIpc) is 2.79. The molecule has 0 amide bonds. The number of nitrogens with zero attached hydrogens (tertiary/aromatic N) is 2. The summed E-state index contributed by atoms with van der Waals surface area (Å²) in [4.78, 5) is 3.96. The molecule has 34 heavy (non-hydrogen) atoms. The van der Waals surface area contributed by atoms with E-state index >= 15 is 0 Å². The molecule has 2 aromatic rings. The Kier molecular flexibility index (Phi) is 11.4. The van der Waals surface area contributed by atoms with Gasteiger partial charge in [-0.25, -0.2) is 27.0 Å². The standard InChI is InChI=1S/C24H40N4O4S2/c1-4-6-8-10-16-26-20(3)19-28(18-11-9-7-5-2)34(31,32)23-14-12-13-22-21(23)15-17-27-24(22)33(25,29)30/h12-15,17,20,26H,4-11,16,18-19H2,1-3H3,(H2,25,29,30). The highest BCUT2D eigenvalue weighted by atomic mass is 32.2. The van der Waals surface area contributed by atoms with Gasteiger partial charge in [-0.3, -0.25) is 0 Å². The monoisotopic (exact) mass is 512 g/mol. The average molecular weight is 513 g/mol. The Morgan fingerprint density at radius 1 is 0.941 bits per heavy atom. The smallest absolute Gasteiger partial charge is 0.256 e. The number of hydrogen-bond donors (Lipinski definition) is 2. The van der Waals surface area contributed by atoms with Crippen molar-refractivity contribution < 1.29 is 16.8 Å². The molecule has 0 radical (unpaired) electrons. The van der Waals surface area contributed by atoms with E-state index < -0.39 is 20.0 Å². The van der Waals surface area contributed by atoms with Crippen LogP contribution >= 0.6 is 0 Å². The zero-order valence-electron chi connectivity index (χ0n) is 20.7. The summed E-state index contributed by atoms with van der Waals surface area (Å²) in [6.45, 7) is 7.89. The van der Waals surface area contributed by atoms with E-state index in [2.05, 4.69) is 24.1 Å². The second-order valence-corrected chi connectivity index (χ2v) is 12.2. The molecule has 1 aromatic heterocycles. The maximum atomic E-state index is 13.8. The Bertz CT molecular complexity index is 1120. The Morgan fingerprint density at radius 3 is 2.26 bits per heavy atom. The molecule has 0 saturated carbocycles. The normalized spacial score (nSPS) is 13.6. The molecule has 0 aliphatic rings. The molecule has 8 nitrogen and oxygen atoms in total. The summed E-state index contributed by atoms with van der Waals surface area (Å²) in [5.74, 6) is 0. The van der Waals surface area contributed by atoms with Crippen LogP contribution in [0.1, 0.15) is 72.1 Å². The molecule has 192 valence electrons. The predicted octanol–water partition coefficient (Wildman–Crippen LogP) is 4.01. The van der Waals surface area contributed by atoms with Gasteiger partial charge < -0.3 is 5.32 Å². The third-order valence-electron chi connectivity index (χ3n) is 5.88. The van der Waals surface area contributed by atoms with E-state index in [1.165, 1.54) is 47.6 Å². The number of sulfonamides is 2. The van der Waals surface area contributed by atoms with E-state index in [9.17, 15) is 16.8 Å². The van der Waals surface area contributed by atoms with Gasteiger partial charge in [0.1, 0.15) is 0 Å². The number of benzene rings is 1. The minimum absolute atomic E-state index is 0.0146. The fraction of sp³-hybridized carbons (Fsp3) is 0.625. The van der Waals surface area contributed by atoms with Crippen LogP contribution in [-0.4, -0.2) is 51.8 Å². The van der Waals surface area contributed by atoms with Crippen molar-refractivity contribution in [2.45, 2.75) is 88.1 Å². The molecular formula is C24H40N4O4S2. The number of aromatic nitrogens is 1. The second kappa shape index (κ2) is 13.5. The molecule has 1 heterocycles. The van der Waals surface area contributed by atoms with Gasteiger partial charge in [0.2, 0.25) is 10.0 Å². The lowest BCUT2D eigenvalue weighted by molar-refractivity contribution is 0.353. The summed E-state index contributed by atoms with van der Waals surface area (Å²) in [5, 5.41) is 8.96. The van der Waals surface area contributed by atoms with Crippen LogP contribution in [0.25, 0.3) is 10.8 Å². The van der Waals surface area contributed by atoms with Crippen molar-refractivity contribution in [3.05, 3.63) is 30.5 Å². The van der Waals surface area contributed by atoms with Gasteiger partial charge in [-0.15, -0.1) is 0 Å². The van der Waals surface area contributed by atoms with Crippen LogP contribution < -0.4 is 10.5 Å². The van der Waals surface area contributed by atoms with Gasteiger partial charge in [-0.2, -0.15) is 4.31 Å². The molecule has 0 fully saturated rings. The number of fused-ring (bicyclic) bond motifs is 1. The highest BCUT2D eigenvalue weighted by molar-refractivity contribution is 7.89. The van der Waals surface area contributed by atoms with Gasteiger partial charge in [-0.05, 0) is 38.4 Å². The van der Waals surface area contributed by atoms with Crippen LogP contribution in [0.4, 0.5) is 0 Å². The maximum absolute atomic E-state index is 13.8. The van der Waals surface area contributed by atoms with Crippen LogP contribution in [0.3, 0.4) is 0 Å². The summed E-state index contributed by atoms with van der Waals surface area (Å²) in [7, 11) is -7.98. The highest BCUT2D eigenvalue weighted by Crippen LogP contribution is 2.29. The number of nitrogens with two attached hydrogens (primary N) is 1. The first-order chi connectivity index (χ1) is 16.1. The Labute approximate surface area is 205 Å². The SMILES string of the molecule is CCCCCCNC(C)CN(CCCCCC)S(=O)(=O)c1cccc2c(S(N)(=O)=O)nccc12. The van der Waals surface area contributed by atoms with Gasteiger partial charge in [0.05, 0.1) is 4.90 Å². The topological polar surface area (TPSA) is 122 Å². The largest absolute Gasteiger partial charge is 0.313 e. The van der Waals surface area contributed by atoms with Crippen molar-refractivity contribution in [3.63, 3.8) is 0 Å². The summed E-state index contributed by atoms with van der Waals surface area (Å²) < 4.78 is 53.2. The first kappa shape index (κ1) is 28.6. The van der Waals surface area contributed by atoms with Crippen molar-refractivity contribution in [1.82, 2.24) is 14.6 Å². The number of hydrogen-bond acceptors (Lipinski definition) is 6. The number of unbranched alkanes of at least 4 members (excludes halogenated alkanes) is 6. The van der Waals surface area contributed by atoms with Gasteiger partial charge in [0.15, 0.2) is 5.03 Å². The number of rotatable bonds is 16. The van der Waals surface area contributed by atoms with Crippen LogP contribution in [0, 0.1) is 0 Å². The van der Waals surface area contributed by atoms with Crippen LogP contribution in [-0.2, 0) is 20.0 Å². The molecule has 2 rings (SSSR count). The van der Waals surface area contributed by atoms with Crippen LogP contribution in [0.5, 0.6) is 0 Å². The first-order valence-corrected chi connectivity index (χ1v) is 15.3. The minimum atomic E-state index is -4.10. The van der Waals surface area contributed by atoms with Gasteiger partial charge in [0.25, 0.3) is 10.0 Å². The second-order valence-electron chi connectivity index (χ2n) is 8.85. The van der Waals surface area contributed by atoms with Crippen molar-refractivity contribution in [2.75, 3.05) is 19.6 Å². The van der Waals surface area contributed by atoms with Crippen LogP contribution in [0.15, 0.2) is 40.4 Å². The molecule has 10 heteroatoms. The lowest BCUT2D eigenvalue weighted by Gasteiger charge is -2.26. The summed E-state index contributed by atoms with van der Waals surface area (Å²) in [6, 6.07) is 6.11. The lowest BCUT2D eigenvalue weighted by atomic mass is 10.2. The molecule has 0 aliphatic heterocycles. The third kappa shape index (κ3) is 7.98. The Hall–Kier alpha value is -1.59. The molecule has 1 aromatic carbocycles. The third-order valence-corrected chi connectivity index (χ3v) is 8.67. The van der Waals surface area contributed by atoms with Crippen LogP contribution in [0.2, 0.25) is 0 Å². The Morgan fingerprint density at radius 2 is 1.62 bits per heavy atom. The molecule has 0 spiro atoms. The van der Waals surface area contributed by atoms with Gasteiger partial charge >= 0.3 is 0 Å². The van der Waals surface area contributed by atoms with Gasteiger partial charge in [0, 0.05) is 36.1 Å². The predicted molar refractivity (Wildman–Crippen MR) is 138 cm³/mol. The van der Waals surface area contributed by atoms with Crippen molar-refractivity contribution >= 4 is 30.8 Å². The fourth-order valence-electron chi connectivity index (χ4n) is 4.04. The molecule has 0 saturated heterocycles. The summed E-state index contributed by atoms with van der Waals surface area (Å²) in [5.41, 5.74) is 0. The first-order valence-electron chi connectivity index (χ1n) is 12.3. The zero-order valence-corrected chi connectivity index (χ0v) is 22.3. The molecule has 1 atom stereocenters. The quantitative estimate of drug-likeness (QED) is 0.328. The van der Waals surface area contributed by atoms with E-state index in [0.29, 0.717) is 18.5 Å². The fourth-order valence-corrected chi connectivity index (χ4v) is 6.50. The van der Waals surface area contributed by atoms with Gasteiger partial charge in [-0.1, -0.05) is 64.5 Å². The maximum Gasteiger partial charge on any atom is 0.256 e. The van der Waals surface area contributed by atoms with Crippen molar-refractivity contribution in [1.29, 1.82) is 0 Å². The molecule has 3 N–H and O–H groups in total. The van der Waals surface area contributed by atoms with E-state index in [-0.39, 0.29) is 21.3 Å². The number of pyridine rings is 1. The minimum Gasteiger partial charge on any atom is -0.313 e. The van der Waals surface area contributed by atoms with E-state index in [1.807, 2.05) is 6.92 Å². The van der Waals surface area contributed by atoms with E-state index in [4.69, 9.17) is 5.14 Å². The number of primary sulfonamides is 1. The van der Waals surface area contributed by atoms with E-state index in [1.54, 1.807) is 0 Å². The number of nitrogens with one attached hydrogen (secondary N) is 1. The summed E-state index contributed by atoms with van der Waals surface area (Å²) >= 11 is 0. The molecule has 0 aliphatic carbocycles. The zero-order chi connectivity index (χ0) is 25.2. The van der Waals surface area contributed by atoms with Crippen molar-refractivity contribution in [2.24, 2.45) is 5.14 Å². The Balaban J connectivity index is 2.34. The molecular weight excluding hydrogens is 472 g/mol. The van der Waals surface area contributed by atoms with Crippen molar-refractivity contribution in [3.8, 4) is 0 Å².